The second-order valence-electron chi connectivity index (χ2n) is 5.72. The largest absolute Gasteiger partial charge is 0.353 e. The smallest absolute Gasteiger partial charge is 0.202 e. The molecule has 0 aromatic carbocycles. The van der Waals surface area contributed by atoms with E-state index in [1.165, 1.54) is 38.5 Å². The second kappa shape index (κ2) is 4.71. The number of imidazole rings is 1. The number of hydrogen-bond donors (Lipinski definition) is 1. The van der Waals surface area contributed by atoms with Gasteiger partial charge in [-0.3, -0.25) is 0 Å². The molecule has 0 aliphatic heterocycles. The molecule has 17 heavy (non-hydrogen) atoms. The van der Waals surface area contributed by atoms with Crippen molar-refractivity contribution in [2.45, 2.75) is 58.0 Å². The maximum absolute atomic E-state index is 4.47. The summed E-state index contributed by atoms with van der Waals surface area (Å²) in [6, 6.07) is 0.691. The fourth-order valence-electron chi connectivity index (χ4n) is 3.55. The molecule has 0 spiro atoms. The number of fused-ring (bicyclic) bond motifs is 2. The van der Waals surface area contributed by atoms with Gasteiger partial charge in [-0.05, 0) is 37.5 Å². The van der Waals surface area contributed by atoms with Crippen molar-refractivity contribution in [2.75, 3.05) is 5.32 Å². The Labute approximate surface area is 104 Å². The van der Waals surface area contributed by atoms with E-state index in [1.807, 2.05) is 6.20 Å². The summed E-state index contributed by atoms with van der Waals surface area (Å²) in [5.41, 5.74) is 0. The summed E-state index contributed by atoms with van der Waals surface area (Å²) in [6.07, 6.45) is 12.2. The lowest BCUT2D eigenvalue weighted by molar-refractivity contribution is 0.436. The molecule has 0 saturated heterocycles. The number of anilines is 1. The Morgan fingerprint density at radius 1 is 1.41 bits per heavy atom. The van der Waals surface area contributed by atoms with Crippen molar-refractivity contribution in [3.05, 3.63) is 12.4 Å². The van der Waals surface area contributed by atoms with Gasteiger partial charge in [0.25, 0.3) is 0 Å². The molecule has 1 N–H and O–H groups in total. The van der Waals surface area contributed by atoms with Gasteiger partial charge in [0.1, 0.15) is 0 Å². The number of aromatic nitrogens is 2. The zero-order valence-electron chi connectivity index (χ0n) is 10.7. The van der Waals surface area contributed by atoms with Crippen molar-refractivity contribution in [2.24, 2.45) is 11.8 Å². The fraction of sp³-hybridized carbons (Fsp3) is 0.786. The van der Waals surface area contributed by atoms with Crippen LogP contribution in [0.3, 0.4) is 0 Å². The number of nitrogens with one attached hydrogen (secondary N) is 1. The van der Waals surface area contributed by atoms with E-state index in [9.17, 15) is 0 Å². The minimum atomic E-state index is 0.691. The lowest BCUT2D eigenvalue weighted by atomic mass is 9.95. The van der Waals surface area contributed by atoms with Crippen molar-refractivity contribution < 1.29 is 0 Å². The van der Waals surface area contributed by atoms with Gasteiger partial charge in [0.2, 0.25) is 5.95 Å². The molecule has 1 aromatic rings. The first kappa shape index (κ1) is 11.1. The summed E-state index contributed by atoms with van der Waals surface area (Å²) in [7, 11) is 0. The fourth-order valence-corrected chi connectivity index (χ4v) is 3.55. The van der Waals surface area contributed by atoms with Gasteiger partial charge in [-0.15, -0.1) is 0 Å². The van der Waals surface area contributed by atoms with Crippen LogP contribution in [0.25, 0.3) is 0 Å². The van der Waals surface area contributed by atoms with Crippen LogP contribution in [0, 0.1) is 11.8 Å². The highest BCUT2D eigenvalue weighted by Crippen LogP contribution is 2.45. The van der Waals surface area contributed by atoms with Crippen molar-refractivity contribution in [1.82, 2.24) is 9.55 Å². The SMILES string of the molecule is CCCCn1ccnc1NC1CC2CCC1C2. The molecule has 0 radical (unpaired) electrons. The molecule has 3 heteroatoms. The zero-order valence-corrected chi connectivity index (χ0v) is 10.7. The summed E-state index contributed by atoms with van der Waals surface area (Å²) in [4.78, 5) is 4.47. The Bertz CT molecular complexity index is 371. The van der Waals surface area contributed by atoms with E-state index < -0.39 is 0 Å². The molecule has 1 aromatic heterocycles. The molecule has 0 amide bonds. The molecule has 2 aliphatic carbocycles. The molecule has 94 valence electrons. The van der Waals surface area contributed by atoms with Crippen LogP contribution in [0.5, 0.6) is 0 Å². The number of unbranched alkanes of at least 4 members (excludes halogenated alkanes) is 1. The van der Waals surface area contributed by atoms with Crippen molar-refractivity contribution in [3.8, 4) is 0 Å². The molecular weight excluding hydrogens is 210 g/mol. The van der Waals surface area contributed by atoms with Gasteiger partial charge in [0.05, 0.1) is 0 Å². The Morgan fingerprint density at radius 2 is 2.35 bits per heavy atom. The molecule has 2 bridgehead atoms. The monoisotopic (exact) mass is 233 g/mol. The van der Waals surface area contributed by atoms with Crippen LogP contribution in [-0.4, -0.2) is 15.6 Å². The molecule has 2 aliphatic rings. The second-order valence-corrected chi connectivity index (χ2v) is 5.72. The standard InChI is InChI=1S/C14H23N3/c1-2-3-7-17-8-6-15-14(17)16-13-10-11-4-5-12(13)9-11/h6,8,11-13H,2-5,7,9-10H2,1H3,(H,15,16). The highest BCUT2D eigenvalue weighted by Gasteiger charge is 2.39. The summed E-state index contributed by atoms with van der Waals surface area (Å²) in [5.74, 6) is 3.00. The lowest BCUT2D eigenvalue weighted by Gasteiger charge is -2.23. The van der Waals surface area contributed by atoms with Crippen LogP contribution in [-0.2, 0) is 6.54 Å². The Morgan fingerprint density at radius 3 is 3.06 bits per heavy atom. The van der Waals surface area contributed by atoms with E-state index in [0.29, 0.717) is 6.04 Å². The summed E-state index contributed by atoms with van der Waals surface area (Å²) < 4.78 is 2.27. The third-order valence-electron chi connectivity index (χ3n) is 4.52. The first-order chi connectivity index (χ1) is 8.36. The lowest BCUT2D eigenvalue weighted by Crippen LogP contribution is -2.27. The first-order valence-electron chi connectivity index (χ1n) is 7.14. The average molecular weight is 233 g/mol. The van der Waals surface area contributed by atoms with Gasteiger partial charge in [-0.25, -0.2) is 4.98 Å². The number of hydrogen-bond acceptors (Lipinski definition) is 2. The van der Waals surface area contributed by atoms with Crippen LogP contribution >= 0.6 is 0 Å². The summed E-state index contributed by atoms with van der Waals surface area (Å²) in [6.45, 7) is 3.33. The Hall–Kier alpha value is -0.990. The van der Waals surface area contributed by atoms with Crippen LogP contribution in [0.4, 0.5) is 5.95 Å². The molecule has 3 rings (SSSR count). The topological polar surface area (TPSA) is 29.9 Å². The Balaban J connectivity index is 1.63. The predicted molar refractivity (Wildman–Crippen MR) is 70.0 cm³/mol. The van der Waals surface area contributed by atoms with Gasteiger partial charge in [-0.1, -0.05) is 19.8 Å². The molecule has 3 nitrogen and oxygen atoms in total. The van der Waals surface area contributed by atoms with E-state index in [2.05, 4.69) is 28.0 Å². The molecule has 2 saturated carbocycles. The predicted octanol–water partition coefficient (Wildman–Crippen LogP) is 3.28. The van der Waals surface area contributed by atoms with Gasteiger partial charge >= 0.3 is 0 Å². The highest BCUT2D eigenvalue weighted by molar-refractivity contribution is 5.29. The van der Waals surface area contributed by atoms with Crippen molar-refractivity contribution in [1.29, 1.82) is 0 Å². The van der Waals surface area contributed by atoms with E-state index in [4.69, 9.17) is 0 Å². The minimum Gasteiger partial charge on any atom is -0.353 e. The zero-order chi connectivity index (χ0) is 11.7. The van der Waals surface area contributed by atoms with Crippen LogP contribution in [0.15, 0.2) is 12.4 Å². The molecule has 3 unspecified atom stereocenters. The van der Waals surface area contributed by atoms with Crippen LogP contribution in [0.1, 0.15) is 45.4 Å². The third-order valence-corrected chi connectivity index (χ3v) is 4.52. The molecular formula is C14H23N3. The number of nitrogens with zero attached hydrogens (tertiary/aromatic N) is 2. The number of rotatable bonds is 5. The highest BCUT2D eigenvalue weighted by atomic mass is 15.2. The van der Waals surface area contributed by atoms with Gasteiger partial charge in [-0.2, -0.15) is 0 Å². The Kier molecular flexibility index (Phi) is 3.08. The first-order valence-corrected chi connectivity index (χ1v) is 7.14. The van der Waals surface area contributed by atoms with Gasteiger partial charge < -0.3 is 9.88 Å². The van der Waals surface area contributed by atoms with Gasteiger partial charge in [0, 0.05) is 25.0 Å². The summed E-state index contributed by atoms with van der Waals surface area (Å²) >= 11 is 0. The van der Waals surface area contributed by atoms with Crippen LogP contribution < -0.4 is 5.32 Å². The van der Waals surface area contributed by atoms with Crippen LogP contribution in [0.2, 0.25) is 0 Å². The minimum absolute atomic E-state index is 0.691. The quantitative estimate of drug-likeness (QED) is 0.845. The molecule has 1 heterocycles. The normalized spacial score (nSPS) is 31.0. The van der Waals surface area contributed by atoms with E-state index in [1.54, 1.807) is 0 Å². The van der Waals surface area contributed by atoms with E-state index >= 15 is 0 Å². The maximum atomic E-state index is 4.47. The van der Waals surface area contributed by atoms with E-state index in [0.717, 1.165) is 24.3 Å². The third kappa shape index (κ3) is 2.20. The molecule has 2 fully saturated rings. The summed E-state index contributed by atoms with van der Waals surface area (Å²) in [5, 5.41) is 3.68. The van der Waals surface area contributed by atoms with Crippen molar-refractivity contribution >= 4 is 5.95 Å². The maximum Gasteiger partial charge on any atom is 0.202 e. The average Bonchev–Trinajstić information content (AvgIpc) is 3.02. The number of aryl methyl sites for hydroxylation is 1. The van der Waals surface area contributed by atoms with Crippen molar-refractivity contribution in [3.63, 3.8) is 0 Å². The molecule has 3 atom stereocenters. The van der Waals surface area contributed by atoms with E-state index in [-0.39, 0.29) is 0 Å². The van der Waals surface area contributed by atoms with Gasteiger partial charge in [0.15, 0.2) is 0 Å².